The molecule has 0 atom stereocenters. The van der Waals surface area contributed by atoms with Crippen LogP contribution in [0.25, 0.3) is 0 Å². The summed E-state index contributed by atoms with van der Waals surface area (Å²) < 4.78 is 5.50. The molecule has 0 aromatic heterocycles. The highest BCUT2D eigenvalue weighted by Gasteiger charge is 2.20. The van der Waals surface area contributed by atoms with E-state index in [2.05, 4.69) is 46.3 Å². The lowest BCUT2D eigenvalue weighted by molar-refractivity contribution is -0.122. The third-order valence-electron chi connectivity index (χ3n) is 5.82. The van der Waals surface area contributed by atoms with Crippen LogP contribution in [0.15, 0.2) is 29.8 Å². The molecule has 1 fully saturated rings. The second-order valence-electron chi connectivity index (χ2n) is 8.08. The van der Waals surface area contributed by atoms with Crippen LogP contribution in [0.2, 0.25) is 0 Å². The van der Waals surface area contributed by atoms with Gasteiger partial charge in [0, 0.05) is 44.8 Å². The summed E-state index contributed by atoms with van der Waals surface area (Å²) >= 11 is 0. The Labute approximate surface area is 169 Å². The predicted molar refractivity (Wildman–Crippen MR) is 114 cm³/mol. The molecule has 0 spiro atoms. The molecular weight excluding hydrogens is 350 g/mol. The first-order chi connectivity index (χ1) is 13.6. The highest BCUT2D eigenvalue weighted by Crippen LogP contribution is 2.22. The number of allylic oxidation sites excluding steroid dienone is 1. The maximum absolute atomic E-state index is 12.2. The second kappa shape index (κ2) is 10.6. The van der Waals surface area contributed by atoms with Gasteiger partial charge in [-0.15, -0.1) is 0 Å². The van der Waals surface area contributed by atoms with Crippen LogP contribution in [-0.4, -0.2) is 62.1 Å². The average Bonchev–Trinajstić information content (AvgIpc) is 2.70. The number of methoxy groups -OCH3 is 1. The Balaban J connectivity index is 1.36. The van der Waals surface area contributed by atoms with E-state index < -0.39 is 0 Å². The first-order valence-corrected chi connectivity index (χ1v) is 10.7. The lowest BCUT2D eigenvalue weighted by Gasteiger charge is -2.34. The Kier molecular flexibility index (Phi) is 7.92. The van der Waals surface area contributed by atoms with Crippen LogP contribution in [0.5, 0.6) is 5.75 Å². The molecule has 0 saturated carbocycles. The lowest BCUT2D eigenvalue weighted by Crippen LogP contribution is -2.49. The summed E-state index contributed by atoms with van der Waals surface area (Å²) in [6.45, 7) is 8.15. The van der Waals surface area contributed by atoms with Crippen molar-refractivity contribution in [2.24, 2.45) is 0 Å². The third kappa shape index (κ3) is 6.35. The number of benzene rings is 1. The number of ether oxygens (including phenoxy) is 1. The molecule has 1 heterocycles. The molecule has 1 aromatic carbocycles. The molecule has 2 aliphatic rings. The Morgan fingerprint density at radius 2 is 1.93 bits per heavy atom. The van der Waals surface area contributed by atoms with Crippen molar-refractivity contribution in [3.8, 4) is 5.75 Å². The van der Waals surface area contributed by atoms with E-state index in [9.17, 15) is 4.79 Å². The molecule has 1 saturated heterocycles. The predicted octanol–water partition coefficient (Wildman–Crippen LogP) is 3.13. The molecule has 1 N–H and O–H groups in total. The largest absolute Gasteiger partial charge is 0.496 e. The first kappa shape index (κ1) is 20.9. The van der Waals surface area contributed by atoms with Crippen LogP contribution >= 0.6 is 0 Å². The van der Waals surface area contributed by atoms with Crippen LogP contribution in [0.1, 0.15) is 43.2 Å². The molecule has 28 heavy (non-hydrogen) atoms. The van der Waals surface area contributed by atoms with Crippen molar-refractivity contribution in [3.05, 3.63) is 41.0 Å². The number of aryl methyl sites for hydroxylation is 1. The Hall–Kier alpha value is -1.85. The number of nitrogens with zero attached hydrogens (tertiary/aromatic N) is 2. The van der Waals surface area contributed by atoms with Crippen LogP contribution in [0, 0.1) is 6.92 Å². The lowest BCUT2D eigenvalue weighted by atomic mass is 9.97. The topological polar surface area (TPSA) is 44.8 Å². The minimum absolute atomic E-state index is 0.158. The third-order valence-corrected chi connectivity index (χ3v) is 5.82. The SMILES string of the molecule is COc1ccc(C)cc1CN1CCN(CC(=O)NCCC2=CCCCC2)CC1. The quantitative estimate of drug-likeness (QED) is 0.699. The molecule has 154 valence electrons. The number of nitrogens with one attached hydrogen (secondary N) is 1. The number of carbonyl (C=O) groups is 1. The molecule has 5 nitrogen and oxygen atoms in total. The standard InChI is InChI=1S/C23H35N3O2/c1-19-8-9-22(28-2)21(16-19)17-25-12-14-26(15-13-25)18-23(27)24-11-10-20-6-4-3-5-7-20/h6,8-9,16H,3-5,7,10-15,17-18H2,1-2H3,(H,24,27). The van der Waals surface area contributed by atoms with E-state index in [1.165, 1.54) is 42.4 Å². The number of hydrogen-bond donors (Lipinski definition) is 1. The number of amides is 1. The van der Waals surface area contributed by atoms with Gasteiger partial charge in [-0.25, -0.2) is 0 Å². The van der Waals surface area contributed by atoms with E-state index in [1.807, 2.05) is 0 Å². The Bertz CT molecular complexity index is 678. The van der Waals surface area contributed by atoms with Gasteiger partial charge in [0.25, 0.3) is 0 Å². The fourth-order valence-electron chi connectivity index (χ4n) is 4.13. The van der Waals surface area contributed by atoms with E-state index >= 15 is 0 Å². The normalized spacial score (nSPS) is 18.6. The minimum atomic E-state index is 0.158. The molecule has 0 unspecified atom stereocenters. The van der Waals surface area contributed by atoms with Crippen molar-refractivity contribution in [3.63, 3.8) is 0 Å². The van der Waals surface area contributed by atoms with Gasteiger partial charge in [0.15, 0.2) is 0 Å². The Morgan fingerprint density at radius 1 is 1.14 bits per heavy atom. The van der Waals surface area contributed by atoms with Crippen molar-refractivity contribution < 1.29 is 9.53 Å². The fraction of sp³-hybridized carbons (Fsp3) is 0.609. The van der Waals surface area contributed by atoms with Crippen LogP contribution < -0.4 is 10.1 Å². The molecular formula is C23H35N3O2. The summed E-state index contributed by atoms with van der Waals surface area (Å²) in [6.07, 6.45) is 8.42. The maximum atomic E-state index is 12.2. The highest BCUT2D eigenvalue weighted by molar-refractivity contribution is 5.78. The van der Waals surface area contributed by atoms with Crippen LogP contribution in [-0.2, 0) is 11.3 Å². The van der Waals surface area contributed by atoms with Gasteiger partial charge in [-0.2, -0.15) is 0 Å². The van der Waals surface area contributed by atoms with E-state index in [4.69, 9.17) is 4.74 Å². The minimum Gasteiger partial charge on any atom is -0.496 e. The van der Waals surface area contributed by atoms with Crippen molar-refractivity contribution >= 4 is 5.91 Å². The average molecular weight is 386 g/mol. The van der Waals surface area contributed by atoms with Crippen molar-refractivity contribution in [2.45, 2.75) is 45.6 Å². The van der Waals surface area contributed by atoms with E-state index in [1.54, 1.807) is 7.11 Å². The van der Waals surface area contributed by atoms with Crippen molar-refractivity contribution in [1.29, 1.82) is 0 Å². The monoisotopic (exact) mass is 385 g/mol. The van der Waals surface area contributed by atoms with Gasteiger partial charge in [0.05, 0.1) is 13.7 Å². The van der Waals surface area contributed by atoms with Gasteiger partial charge in [-0.05, 0) is 45.1 Å². The molecule has 0 radical (unpaired) electrons. The van der Waals surface area contributed by atoms with Gasteiger partial charge in [0.2, 0.25) is 5.91 Å². The first-order valence-electron chi connectivity index (χ1n) is 10.7. The molecule has 1 aliphatic heterocycles. The second-order valence-corrected chi connectivity index (χ2v) is 8.08. The molecule has 3 rings (SSSR count). The van der Waals surface area contributed by atoms with Gasteiger partial charge in [-0.1, -0.05) is 29.3 Å². The van der Waals surface area contributed by atoms with E-state index in [-0.39, 0.29) is 5.91 Å². The van der Waals surface area contributed by atoms with E-state index in [0.29, 0.717) is 6.54 Å². The van der Waals surface area contributed by atoms with Gasteiger partial charge >= 0.3 is 0 Å². The molecule has 1 aliphatic carbocycles. The number of rotatable bonds is 8. The summed E-state index contributed by atoms with van der Waals surface area (Å²) in [5.41, 5.74) is 4.02. The zero-order chi connectivity index (χ0) is 19.8. The van der Waals surface area contributed by atoms with Crippen LogP contribution in [0.4, 0.5) is 0 Å². The number of hydrogen-bond acceptors (Lipinski definition) is 4. The Morgan fingerprint density at radius 3 is 2.64 bits per heavy atom. The molecule has 1 aromatic rings. The van der Waals surface area contributed by atoms with E-state index in [0.717, 1.165) is 51.4 Å². The van der Waals surface area contributed by atoms with Gasteiger partial charge < -0.3 is 10.1 Å². The van der Waals surface area contributed by atoms with Crippen molar-refractivity contribution in [1.82, 2.24) is 15.1 Å². The van der Waals surface area contributed by atoms with Crippen LogP contribution in [0.3, 0.4) is 0 Å². The van der Waals surface area contributed by atoms with Gasteiger partial charge in [-0.3, -0.25) is 14.6 Å². The highest BCUT2D eigenvalue weighted by atomic mass is 16.5. The summed E-state index contributed by atoms with van der Waals surface area (Å²) in [5.74, 6) is 1.12. The number of piperazine rings is 1. The van der Waals surface area contributed by atoms with Crippen molar-refractivity contribution in [2.75, 3.05) is 46.4 Å². The maximum Gasteiger partial charge on any atom is 0.234 e. The summed E-state index contributed by atoms with van der Waals surface area (Å²) in [4.78, 5) is 17.0. The molecule has 5 heteroatoms. The number of carbonyl (C=O) groups excluding carboxylic acids is 1. The smallest absolute Gasteiger partial charge is 0.234 e. The summed E-state index contributed by atoms with van der Waals surface area (Å²) in [6, 6.07) is 6.35. The fourth-order valence-corrected chi connectivity index (χ4v) is 4.13. The zero-order valence-corrected chi connectivity index (χ0v) is 17.5. The van der Waals surface area contributed by atoms with Gasteiger partial charge in [0.1, 0.15) is 5.75 Å². The summed E-state index contributed by atoms with van der Waals surface area (Å²) in [7, 11) is 1.73. The summed E-state index contributed by atoms with van der Waals surface area (Å²) in [5, 5.41) is 3.10. The molecule has 1 amide bonds. The zero-order valence-electron chi connectivity index (χ0n) is 17.5. The molecule has 0 bridgehead atoms.